The minimum atomic E-state index is -2.21. The first-order valence-corrected chi connectivity index (χ1v) is 3.98. The van der Waals surface area contributed by atoms with Crippen molar-refractivity contribution in [2.24, 2.45) is 0 Å². The summed E-state index contributed by atoms with van der Waals surface area (Å²) in [6, 6.07) is 0. The molecule has 0 spiro atoms. The number of hydrogen-bond acceptors (Lipinski definition) is 3. The zero-order chi connectivity index (χ0) is 9.07. The number of esters is 1. The number of hydrogen-bond donors (Lipinski definition) is 2. The molecule has 0 radical (unpaired) electrons. The van der Waals surface area contributed by atoms with Gasteiger partial charge in [-0.15, -0.1) is 0 Å². The molecule has 0 aromatic rings. The van der Waals surface area contributed by atoms with Crippen LogP contribution in [-0.2, 0) is 20.8 Å². The van der Waals surface area contributed by atoms with Gasteiger partial charge < -0.3 is 4.74 Å². The maximum atomic E-state index is 10.8. The number of methoxy groups -OCH3 is 1. The molecular formula is C5H11NO4S. The Kier molecular flexibility index (Phi) is 3.64. The van der Waals surface area contributed by atoms with E-state index in [0.717, 1.165) is 0 Å². The van der Waals surface area contributed by atoms with Crippen molar-refractivity contribution < 1.29 is 18.3 Å². The number of carbonyl (C=O) groups excluding carboxylic acids is 1. The van der Waals surface area contributed by atoms with E-state index in [1.807, 2.05) is 0 Å². The van der Waals surface area contributed by atoms with Gasteiger partial charge in [-0.1, -0.05) is 0 Å². The van der Waals surface area contributed by atoms with Crippen molar-refractivity contribution in [2.45, 2.75) is 19.4 Å². The Morgan fingerprint density at radius 1 is 1.64 bits per heavy atom. The van der Waals surface area contributed by atoms with Crippen LogP contribution in [0.5, 0.6) is 0 Å². The van der Waals surface area contributed by atoms with Gasteiger partial charge in [0.15, 0.2) is 0 Å². The third-order valence-corrected chi connectivity index (χ3v) is 1.72. The molecule has 11 heavy (non-hydrogen) atoms. The largest absolute Gasteiger partial charge is 0.468 e. The lowest BCUT2D eigenvalue weighted by atomic mass is 10.1. The highest BCUT2D eigenvalue weighted by molar-refractivity contribution is 7.77. The van der Waals surface area contributed by atoms with E-state index in [1.54, 1.807) is 0 Å². The van der Waals surface area contributed by atoms with Crippen LogP contribution in [0.3, 0.4) is 0 Å². The average molecular weight is 181 g/mol. The standard InChI is InChI=1S/C5H11NO4S/c1-5(2,4(7)10-3)6-11(8)9/h6H,1-3H3,(H,8,9). The molecule has 0 heterocycles. The fourth-order valence-corrected chi connectivity index (χ4v) is 1.03. The minimum Gasteiger partial charge on any atom is -0.468 e. The summed E-state index contributed by atoms with van der Waals surface area (Å²) in [5, 5.41) is 0. The highest BCUT2D eigenvalue weighted by Gasteiger charge is 2.29. The maximum Gasteiger partial charge on any atom is 0.326 e. The molecule has 66 valence electrons. The normalized spacial score (nSPS) is 14.2. The monoisotopic (exact) mass is 181 g/mol. The molecule has 0 aromatic carbocycles. The summed E-state index contributed by atoms with van der Waals surface area (Å²) in [5.74, 6) is -0.583. The molecule has 0 saturated heterocycles. The second-order valence-electron chi connectivity index (χ2n) is 2.47. The summed E-state index contributed by atoms with van der Waals surface area (Å²) < 4.78 is 25.1. The average Bonchev–Trinajstić information content (AvgIpc) is 1.83. The van der Waals surface area contributed by atoms with Gasteiger partial charge in [0.25, 0.3) is 0 Å². The molecule has 0 rings (SSSR count). The summed E-state index contributed by atoms with van der Waals surface area (Å²) in [6.45, 7) is 2.90. The molecule has 0 aliphatic rings. The van der Waals surface area contributed by atoms with E-state index in [9.17, 15) is 9.00 Å². The Hall–Kier alpha value is -0.460. The quantitative estimate of drug-likeness (QED) is 0.461. The molecule has 0 aromatic heterocycles. The number of carbonyl (C=O) groups is 1. The molecule has 0 amide bonds. The van der Waals surface area contributed by atoms with E-state index in [2.05, 4.69) is 9.46 Å². The molecular weight excluding hydrogens is 170 g/mol. The maximum absolute atomic E-state index is 10.8. The second-order valence-corrected chi connectivity index (χ2v) is 3.17. The second kappa shape index (κ2) is 3.80. The molecule has 2 N–H and O–H groups in total. The van der Waals surface area contributed by atoms with Crippen LogP contribution in [0.15, 0.2) is 0 Å². The minimum absolute atomic E-state index is 0.583. The smallest absolute Gasteiger partial charge is 0.326 e. The van der Waals surface area contributed by atoms with Crippen molar-refractivity contribution in [3.63, 3.8) is 0 Å². The van der Waals surface area contributed by atoms with E-state index in [1.165, 1.54) is 21.0 Å². The highest BCUT2D eigenvalue weighted by atomic mass is 32.2. The van der Waals surface area contributed by atoms with Gasteiger partial charge in [0.05, 0.1) is 7.11 Å². The van der Waals surface area contributed by atoms with Crippen LogP contribution >= 0.6 is 0 Å². The first-order chi connectivity index (χ1) is 4.90. The van der Waals surface area contributed by atoms with Crippen molar-refractivity contribution in [1.82, 2.24) is 4.72 Å². The van der Waals surface area contributed by atoms with E-state index < -0.39 is 22.8 Å². The lowest BCUT2D eigenvalue weighted by Crippen LogP contribution is -2.47. The van der Waals surface area contributed by atoms with Crippen LogP contribution in [-0.4, -0.2) is 27.4 Å². The zero-order valence-corrected chi connectivity index (χ0v) is 7.40. The fraction of sp³-hybridized carbons (Fsp3) is 0.800. The van der Waals surface area contributed by atoms with E-state index in [0.29, 0.717) is 0 Å². The van der Waals surface area contributed by atoms with Crippen LogP contribution < -0.4 is 4.72 Å². The zero-order valence-electron chi connectivity index (χ0n) is 6.58. The van der Waals surface area contributed by atoms with E-state index in [-0.39, 0.29) is 0 Å². The molecule has 1 atom stereocenters. The van der Waals surface area contributed by atoms with Crippen LogP contribution in [0.1, 0.15) is 13.8 Å². The van der Waals surface area contributed by atoms with Crippen molar-refractivity contribution in [1.29, 1.82) is 0 Å². The molecule has 0 saturated carbocycles. The third kappa shape index (κ3) is 3.45. The topological polar surface area (TPSA) is 75.6 Å². The first-order valence-electron chi connectivity index (χ1n) is 2.87. The fourth-order valence-electron chi connectivity index (χ4n) is 0.515. The Morgan fingerprint density at radius 3 is 2.36 bits per heavy atom. The number of nitrogens with one attached hydrogen (secondary N) is 1. The predicted molar refractivity (Wildman–Crippen MR) is 40.0 cm³/mol. The SMILES string of the molecule is COC(=O)C(C)(C)NS(=O)O. The Balaban J connectivity index is 4.21. The molecule has 0 fully saturated rings. The molecule has 6 heteroatoms. The Morgan fingerprint density at radius 2 is 2.09 bits per heavy atom. The summed E-state index contributed by atoms with van der Waals surface area (Å²) in [4.78, 5) is 10.8. The number of ether oxygens (including phenoxy) is 1. The van der Waals surface area contributed by atoms with Crippen molar-refractivity contribution in [3.8, 4) is 0 Å². The lowest BCUT2D eigenvalue weighted by molar-refractivity contribution is -0.146. The summed E-state index contributed by atoms with van der Waals surface area (Å²) in [6.07, 6.45) is 0. The van der Waals surface area contributed by atoms with Gasteiger partial charge in [0.1, 0.15) is 5.54 Å². The third-order valence-electron chi connectivity index (χ3n) is 1.04. The van der Waals surface area contributed by atoms with Crippen LogP contribution in [0.25, 0.3) is 0 Å². The number of rotatable bonds is 3. The Bertz CT molecular complexity index is 179. The highest BCUT2D eigenvalue weighted by Crippen LogP contribution is 2.03. The van der Waals surface area contributed by atoms with Crippen LogP contribution in [0.2, 0.25) is 0 Å². The van der Waals surface area contributed by atoms with Crippen molar-refractivity contribution in [2.75, 3.05) is 7.11 Å². The van der Waals surface area contributed by atoms with Gasteiger partial charge in [-0.25, -0.2) is 4.21 Å². The van der Waals surface area contributed by atoms with Gasteiger partial charge in [0, 0.05) is 0 Å². The van der Waals surface area contributed by atoms with Crippen molar-refractivity contribution in [3.05, 3.63) is 0 Å². The van der Waals surface area contributed by atoms with E-state index >= 15 is 0 Å². The molecule has 5 nitrogen and oxygen atoms in total. The van der Waals surface area contributed by atoms with Crippen LogP contribution in [0.4, 0.5) is 0 Å². The van der Waals surface area contributed by atoms with Crippen LogP contribution in [0, 0.1) is 0 Å². The van der Waals surface area contributed by atoms with Gasteiger partial charge in [-0.3, -0.25) is 9.35 Å². The lowest BCUT2D eigenvalue weighted by Gasteiger charge is -2.19. The van der Waals surface area contributed by atoms with Gasteiger partial charge in [-0.05, 0) is 13.8 Å². The Labute approximate surface area is 67.5 Å². The van der Waals surface area contributed by atoms with Gasteiger partial charge in [-0.2, -0.15) is 4.72 Å². The molecule has 0 aliphatic carbocycles. The van der Waals surface area contributed by atoms with E-state index in [4.69, 9.17) is 4.55 Å². The predicted octanol–water partition coefficient (Wildman–Crippen LogP) is -0.336. The summed E-state index contributed by atoms with van der Waals surface area (Å²) in [7, 11) is 1.21. The van der Waals surface area contributed by atoms with Crippen molar-refractivity contribution >= 4 is 17.2 Å². The van der Waals surface area contributed by atoms with Gasteiger partial charge >= 0.3 is 5.97 Å². The van der Waals surface area contributed by atoms with Gasteiger partial charge in [0.2, 0.25) is 11.3 Å². The molecule has 1 unspecified atom stereocenters. The summed E-state index contributed by atoms with van der Waals surface area (Å²) >= 11 is -2.21. The molecule has 0 bridgehead atoms. The molecule has 0 aliphatic heterocycles. The summed E-state index contributed by atoms with van der Waals surface area (Å²) in [5.41, 5.74) is -1.13. The first kappa shape index (κ1) is 10.5.